The van der Waals surface area contributed by atoms with E-state index in [0.717, 1.165) is 17.8 Å². The van der Waals surface area contributed by atoms with Crippen molar-refractivity contribution in [1.29, 1.82) is 0 Å². The molecule has 1 fully saturated rings. The minimum atomic E-state index is -0.186. The fraction of sp³-hybridized carbons (Fsp3) is 0.583. The Labute approximate surface area is 136 Å². The Morgan fingerprint density at radius 2 is 2.19 bits per heavy atom. The van der Waals surface area contributed by atoms with Crippen molar-refractivity contribution in [1.82, 2.24) is 15.1 Å². The second-order valence-electron chi connectivity index (χ2n) is 4.42. The number of hydrogen-bond acceptors (Lipinski definition) is 7. The molecule has 0 spiro atoms. The lowest BCUT2D eigenvalue weighted by Gasteiger charge is -2.14. The van der Waals surface area contributed by atoms with Crippen molar-refractivity contribution in [3.63, 3.8) is 0 Å². The van der Waals surface area contributed by atoms with Crippen molar-refractivity contribution in [2.45, 2.75) is 38.4 Å². The van der Waals surface area contributed by atoms with Crippen LogP contribution in [0.25, 0.3) is 0 Å². The Morgan fingerprint density at radius 1 is 1.43 bits per heavy atom. The van der Waals surface area contributed by atoms with Crippen molar-refractivity contribution in [2.24, 2.45) is 0 Å². The second kappa shape index (κ2) is 7.28. The van der Waals surface area contributed by atoms with Gasteiger partial charge in [0.1, 0.15) is 9.33 Å². The van der Waals surface area contributed by atoms with E-state index in [-0.39, 0.29) is 23.5 Å². The molecule has 0 radical (unpaired) electrons. The van der Waals surface area contributed by atoms with Gasteiger partial charge in [-0.2, -0.15) is 0 Å². The molecule has 0 bridgehead atoms. The van der Waals surface area contributed by atoms with Gasteiger partial charge in [0.2, 0.25) is 16.9 Å². The van der Waals surface area contributed by atoms with Crippen LogP contribution in [0.4, 0.5) is 5.13 Å². The molecule has 9 heteroatoms. The van der Waals surface area contributed by atoms with Gasteiger partial charge in [-0.15, -0.1) is 10.2 Å². The number of aromatic nitrogens is 2. The van der Waals surface area contributed by atoms with E-state index in [1.54, 1.807) is 0 Å². The highest BCUT2D eigenvalue weighted by atomic mass is 32.2. The summed E-state index contributed by atoms with van der Waals surface area (Å²) in [4.78, 5) is 25.4. The number of nitrogens with one attached hydrogen (secondary N) is 1. The molecule has 1 aliphatic rings. The predicted octanol–water partition coefficient (Wildman–Crippen LogP) is 2.07. The van der Waals surface area contributed by atoms with Gasteiger partial charge in [0.15, 0.2) is 0 Å². The van der Waals surface area contributed by atoms with Crippen LogP contribution in [0.5, 0.6) is 0 Å². The predicted molar refractivity (Wildman–Crippen MR) is 88.5 cm³/mol. The van der Waals surface area contributed by atoms with E-state index in [0.29, 0.717) is 16.0 Å². The molecule has 1 aromatic rings. The molecule has 6 nitrogen and oxygen atoms in total. The van der Waals surface area contributed by atoms with Gasteiger partial charge < -0.3 is 5.32 Å². The fourth-order valence-electron chi connectivity index (χ4n) is 1.80. The quantitative estimate of drug-likeness (QED) is 0.796. The third kappa shape index (κ3) is 3.98. The summed E-state index contributed by atoms with van der Waals surface area (Å²) in [5.41, 5.74) is 0. The van der Waals surface area contributed by atoms with E-state index < -0.39 is 0 Å². The van der Waals surface area contributed by atoms with Crippen molar-refractivity contribution < 1.29 is 9.59 Å². The van der Waals surface area contributed by atoms with Gasteiger partial charge in [-0.1, -0.05) is 49.2 Å². The highest BCUT2D eigenvalue weighted by Crippen LogP contribution is 2.29. The molecular formula is C12H16N4O2S3. The normalized spacial score (nSPS) is 18.4. The van der Waals surface area contributed by atoms with Gasteiger partial charge in [-0.3, -0.25) is 14.5 Å². The zero-order valence-corrected chi connectivity index (χ0v) is 14.2. The topological polar surface area (TPSA) is 75.2 Å². The number of aryl methyl sites for hydroxylation is 1. The number of carbonyl (C=O) groups excluding carboxylic acids is 2. The van der Waals surface area contributed by atoms with E-state index >= 15 is 0 Å². The van der Waals surface area contributed by atoms with Crippen LogP contribution in [0.2, 0.25) is 0 Å². The summed E-state index contributed by atoms with van der Waals surface area (Å²) in [6, 6.07) is 0. The summed E-state index contributed by atoms with van der Waals surface area (Å²) >= 11 is 7.94. The monoisotopic (exact) mass is 344 g/mol. The molecule has 1 N–H and O–H groups in total. The number of amides is 2. The highest BCUT2D eigenvalue weighted by molar-refractivity contribution is 8.24. The highest BCUT2D eigenvalue weighted by Gasteiger charge is 2.35. The Balaban J connectivity index is 1.84. The number of hydrogen-bond donors (Lipinski definition) is 1. The number of nitrogens with zero attached hydrogens (tertiary/aromatic N) is 3. The number of thiocarbonyl (C=S) groups is 1. The third-order valence-electron chi connectivity index (χ3n) is 2.95. The van der Waals surface area contributed by atoms with E-state index in [1.165, 1.54) is 28.0 Å². The van der Waals surface area contributed by atoms with Gasteiger partial charge in [0.25, 0.3) is 0 Å². The first kappa shape index (κ1) is 16.3. The second-order valence-corrected chi connectivity index (χ2v) is 7.32. The lowest BCUT2D eigenvalue weighted by Crippen LogP contribution is -2.33. The minimum absolute atomic E-state index is 0.00415. The first-order chi connectivity index (χ1) is 10.0. The van der Waals surface area contributed by atoms with Gasteiger partial charge in [-0.05, 0) is 12.8 Å². The Kier molecular flexibility index (Phi) is 5.65. The zero-order valence-electron chi connectivity index (χ0n) is 11.8. The van der Waals surface area contributed by atoms with Gasteiger partial charge >= 0.3 is 0 Å². The molecule has 1 atom stereocenters. The van der Waals surface area contributed by atoms with Gasteiger partial charge in [0.05, 0.1) is 5.25 Å². The summed E-state index contributed by atoms with van der Waals surface area (Å²) in [6.07, 6.45) is 1.74. The Morgan fingerprint density at radius 3 is 2.76 bits per heavy atom. The summed E-state index contributed by atoms with van der Waals surface area (Å²) in [7, 11) is 0. The smallest absolute Gasteiger partial charge is 0.241 e. The molecule has 21 heavy (non-hydrogen) atoms. The molecule has 1 aromatic heterocycles. The minimum Gasteiger partial charge on any atom is -0.300 e. The van der Waals surface area contributed by atoms with Crippen LogP contribution in [0, 0.1) is 0 Å². The van der Waals surface area contributed by atoms with Crippen molar-refractivity contribution in [2.75, 3.05) is 11.9 Å². The van der Waals surface area contributed by atoms with Gasteiger partial charge in [-0.25, -0.2) is 0 Å². The lowest BCUT2D eigenvalue weighted by molar-refractivity contribution is -0.126. The maximum absolute atomic E-state index is 12.0. The summed E-state index contributed by atoms with van der Waals surface area (Å²) < 4.78 is 0.559. The van der Waals surface area contributed by atoms with Crippen LogP contribution in [0.15, 0.2) is 0 Å². The SMILES string of the molecule is CCc1nnc(NC(=O)CCN2C(=O)C(CC)SC2=S)s1. The summed E-state index contributed by atoms with van der Waals surface area (Å²) in [5, 5.41) is 11.8. The maximum Gasteiger partial charge on any atom is 0.241 e. The fourth-order valence-corrected chi connectivity index (χ4v) is 3.97. The largest absolute Gasteiger partial charge is 0.300 e. The molecule has 2 heterocycles. The van der Waals surface area contributed by atoms with E-state index in [1.807, 2.05) is 13.8 Å². The van der Waals surface area contributed by atoms with Crippen LogP contribution < -0.4 is 5.32 Å². The van der Waals surface area contributed by atoms with Crippen LogP contribution in [-0.4, -0.2) is 43.0 Å². The zero-order chi connectivity index (χ0) is 15.4. The molecular weight excluding hydrogens is 328 g/mol. The molecule has 0 aliphatic carbocycles. The summed E-state index contributed by atoms with van der Waals surface area (Å²) in [6.45, 7) is 4.25. The van der Waals surface area contributed by atoms with Crippen molar-refractivity contribution in [3.05, 3.63) is 5.01 Å². The lowest BCUT2D eigenvalue weighted by atomic mass is 10.3. The van der Waals surface area contributed by atoms with E-state index in [2.05, 4.69) is 15.5 Å². The maximum atomic E-state index is 12.0. The average molecular weight is 344 g/mol. The molecule has 1 unspecified atom stereocenters. The van der Waals surface area contributed by atoms with Crippen molar-refractivity contribution in [3.8, 4) is 0 Å². The Bertz CT molecular complexity index is 560. The summed E-state index contributed by atoms with van der Waals surface area (Å²) in [5.74, 6) is -0.182. The number of rotatable bonds is 6. The number of thioether (sulfide) groups is 1. The molecule has 114 valence electrons. The molecule has 2 rings (SSSR count). The van der Waals surface area contributed by atoms with Crippen LogP contribution in [0.3, 0.4) is 0 Å². The number of anilines is 1. The van der Waals surface area contributed by atoms with E-state index in [9.17, 15) is 9.59 Å². The third-order valence-corrected chi connectivity index (χ3v) is 5.69. The van der Waals surface area contributed by atoms with Crippen LogP contribution in [0.1, 0.15) is 31.7 Å². The first-order valence-electron chi connectivity index (χ1n) is 6.69. The van der Waals surface area contributed by atoms with Crippen LogP contribution in [-0.2, 0) is 16.0 Å². The first-order valence-corrected chi connectivity index (χ1v) is 8.79. The molecule has 1 saturated heterocycles. The number of carbonyl (C=O) groups is 2. The Hall–Kier alpha value is -1.06. The average Bonchev–Trinajstić information content (AvgIpc) is 3.02. The molecule has 0 saturated carbocycles. The van der Waals surface area contributed by atoms with Crippen LogP contribution >= 0.6 is 35.3 Å². The van der Waals surface area contributed by atoms with E-state index in [4.69, 9.17) is 12.2 Å². The molecule has 0 aromatic carbocycles. The van der Waals surface area contributed by atoms with Crippen molar-refractivity contribution >= 4 is 56.6 Å². The standard InChI is InChI=1S/C12H16N4O2S3/c1-3-7-10(18)16(12(19)20-7)6-5-8(17)13-11-15-14-9(4-2)21-11/h7H,3-6H2,1-2H3,(H,13,15,17). The van der Waals surface area contributed by atoms with Gasteiger partial charge in [0, 0.05) is 13.0 Å². The molecule has 2 amide bonds. The molecule has 1 aliphatic heterocycles.